The van der Waals surface area contributed by atoms with Crippen LogP contribution in [0, 0.1) is 0 Å². The van der Waals surface area contributed by atoms with Gasteiger partial charge in [0.25, 0.3) is 0 Å². The first-order valence-electron chi connectivity index (χ1n) is 10.0. The zero-order valence-corrected chi connectivity index (χ0v) is 17.0. The van der Waals surface area contributed by atoms with E-state index in [0.29, 0.717) is 5.75 Å². The molecule has 3 heteroatoms. The zero-order chi connectivity index (χ0) is 20.1. The van der Waals surface area contributed by atoms with Crippen molar-refractivity contribution in [3.8, 4) is 5.75 Å². The Balaban J connectivity index is 1.77. The van der Waals surface area contributed by atoms with Crippen molar-refractivity contribution >= 4 is 11.4 Å². The fraction of sp³-hybridized carbons (Fsp3) is 0.280. The van der Waals surface area contributed by atoms with E-state index in [0.717, 1.165) is 30.5 Å². The highest BCUT2D eigenvalue weighted by atomic mass is 16.3. The fourth-order valence-corrected chi connectivity index (χ4v) is 3.58. The third-order valence-electron chi connectivity index (χ3n) is 5.31. The number of phenols is 1. The SMILES string of the molecule is CCc1cc(Cc2ccc(NC(C)c3ccc(O)cc3)c(CC)c2)ccc1N. The smallest absolute Gasteiger partial charge is 0.115 e. The monoisotopic (exact) mass is 374 g/mol. The molecular formula is C25H30N2O. The molecule has 1 atom stereocenters. The molecular weight excluding hydrogens is 344 g/mol. The van der Waals surface area contributed by atoms with Gasteiger partial charge >= 0.3 is 0 Å². The molecule has 0 saturated carbocycles. The Morgan fingerprint density at radius 3 is 2.11 bits per heavy atom. The van der Waals surface area contributed by atoms with Gasteiger partial charge in [0.05, 0.1) is 0 Å². The summed E-state index contributed by atoms with van der Waals surface area (Å²) in [4.78, 5) is 0. The van der Waals surface area contributed by atoms with E-state index in [1.54, 1.807) is 12.1 Å². The number of anilines is 2. The minimum absolute atomic E-state index is 0.168. The summed E-state index contributed by atoms with van der Waals surface area (Å²) in [6, 6.07) is 20.6. The summed E-state index contributed by atoms with van der Waals surface area (Å²) in [7, 11) is 0. The van der Waals surface area contributed by atoms with Crippen LogP contribution in [0.5, 0.6) is 5.75 Å². The maximum atomic E-state index is 9.48. The fourth-order valence-electron chi connectivity index (χ4n) is 3.58. The summed E-state index contributed by atoms with van der Waals surface area (Å²) >= 11 is 0. The first kappa shape index (κ1) is 19.8. The molecule has 0 amide bonds. The van der Waals surface area contributed by atoms with E-state index in [1.165, 1.54) is 27.9 Å². The number of hydrogen-bond acceptors (Lipinski definition) is 3. The molecule has 0 aliphatic heterocycles. The lowest BCUT2D eigenvalue weighted by atomic mass is 9.97. The summed E-state index contributed by atoms with van der Waals surface area (Å²) < 4.78 is 0. The zero-order valence-electron chi connectivity index (χ0n) is 17.0. The van der Waals surface area contributed by atoms with Crippen LogP contribution in [0.15, 0.2) is 60.7 Å². The number of nitrogens with one attached hydrogen (secondary N) is 1. The molecule has 0 fully saturated rings. The van der Waals surface area contributed by atoms with Crippen LogP contribution in [0.25, 0.3) is 0 Å². The molecule has 0 radical (unpaired) electrons. The maximum absolute atomic E-state index is 9.48. The molecule has 0 aliphatic rings. The van der Waals surface area contributed by atoms with E-state index in [4.69, 9.17) is 5.73 Å². The Kier molecular flexibility index (Phi) is 6.25. The molecule has 3 nitrogen and oxygen atoms in total. The third-order valence-corrected chi connectivity index (χ3v) is 5.31. The second-order valence-corrected chi connectivity index (χ2v) is 7.37. The van der Waals surface area contributed by atoms with Crippen molar-refractivity contribution in [2.75, 3.05) is 11.1 Å². The summed E-state index contributed by atoms with van der Waals surface area (Å²) in [5.74, 6) is 0.295. The van der Waals surface area contributed by atoms with Gasteiger partial charge in [-0.1, -0.05) is 50.2 Å². The largest absolute Gasteiger partial charge is 0.508 e. The first-order chi connectivity index (χ1) is 13.5. The molecule has 0 heterocycles. The Morgan fingerprint density at radius 1 is 0.857 bits per heavy atom. The van der Waals surface area contributed by atoms with Crippen molar-refractivity contribution in [3.05, 3.63) is 88.5 Å². The summed E-state index contributed by atoms with van der Waals surface area (Å²) in [5.41, 5.74) is 14.4. The minimum Gasteiger partial charge on any atom is -0.508 e. The van der Waals surface area contributed by atoms with Gasteiger partial charge in [-0.05, 0) is 78.3 Å². The number of phenolic OH excluding ortho intramolecular Hbond substituents is 1. The van der Waals surface area contributed by atoms with Gasteiger partial charge in [-0.15, -0.1) is 0 Å². The van der Waals surface area contributed by atoms with Crippen LogP contribution in [0.4, 0.5) is 11.4 Å². The molecule has 1 unspecified atom stereocenters. The first-order valence-corrected chi connectivity index (χ1v) is 10.0. The van der Waals surface area contributed by atoms with Gasteiger partial charge in [-0.2, -0.15) is 0 Å². The van der Waals surface area contributed by atoms with Gasteiger partial charge in [0.15, 0.2) is 0 Å². The predicted molar refractivity (Wildman–Crippen MR) is 119 cm³/mol. The van der Waals surface area contributed by atoms with Crippen LogP contribution in [0.3, 0.4) is 0 Å². The van der Waals surface area contributed by atoms with Gasteiger partial charge in [0.2, 0.25) is 0 Å². The van der Waals surface area contributed by atoms with E-state index in [9.17, 15) is 5.11 Å². The number of benzene rings is 3. The standard InChI is InChI=1S/C25H30N2O/c1-4-20-15-18(6-12-24(20)26)14-19-7-13-25(21(5-2)16-19)27-17(3)22-8-10-23(28)11-9-22/h6-13,15-17,27-28H,4-5,14,26H2,1-3H3. The van der Waals surface area contributed by atoms with E-state index in [2.05, 4.69) is 56.4 Å². The lowest BCUT2D eigenvalue weighted by Crippen LogP contribution is -2.08. The average Bonchev–Trinajstić information content (AvgIpc) is 2.71. The lowest BCUT2D eigenvalue weighted by Gasteiger charge is -2.19. The number of nitrogens with two attached hydrogens (primary N) is 1. The van der Waals surface area contributed by atoms with E-state index in [-0.39, 0.29) is 6.04 Å². The second kappa shape index (κ2) is 8.83. The summed E-state index contributed by atoms with van der Waals surface area (Å²) in [6.07, 6.45) is 2.84. The Labute approximate surface area is 168 Å². The van der Waals surface area contributed by atoms with Crippen LogP contribution in [-0.4, -0.2) is 5.11 Å². The van der Waals surface area contributed by atoms with Crippen LogP contribution in [0.1, 0.15) is 54.6 Å². The van der Waals surface area contributed by atoms with Crippen LogP contribution < -0.4 is 11.1 Å². The van der Waals surface area contributed by atoms with Gasteiger partial charge in [-0.3, -0.25) is 0 Å². The molecule has 3 aromatic rings. The van der Waals surface area contributed by atoms with Crippen molar-refractivity contribution in [2.45, 2.75) is 46.1 Å². The molecule has 0 saturated heterocycles. The van der Waals surface area contributed by atoms with E-state index < -0.39 is 0 Å². The molecule has 3 aromatic carbocycles. The van der Waals surface area contributed by atoms with Gasteiger partial charge < -0.3 is 16.2 Å². The summed E-state index contributed by atoms with van der Waals surface area (Å²) in [5, 5.41) is 13.1. The highest BCUT2D eigenvalue weighted by molar-refractivity contribution is 5.55. The van der Waals surface area contributed by atoms with E-state index in [1.807, 2.05) is 18.2 Å². The molecule has 3 rings (SSSR count). The predicted octanol–water partition coefficient (Wildman–Crippen LogP) is 5.86. The normalized spacial score (nSPS) is 12.0. The van der Waals surface area contributed by atoms with Crippen LogP contribution in [-0.2, 0) is 19.3 Å². The molecule has 4 N–H and O–H groups in total. The molecule has 146 valence electrons. The van der Waals surface area contributed by atoms with Crippen molar-refractivity contribution < 1.29 is 5.11 Å². The number of nitrogen functional groups attached to an aromatic ring is 1. The second-order valence-electron chi connectivity index (χ2n) is 7.37. The van der Waals surface area contributed by atoms with Gasteiger partial charge in [0.1, 0.15) is 5.75 Å². The number of aryl methyl sites for hydroxylation is 2. The van der Waals surface area contributed by atoms with Crippen molar-refractivity contribution in [1.82, 2.24) is 0 Å². The number of aromatic hydroxyl groups is 1. The quantitative estimate of drug-likeness (QED) is 0.454. The summed E-state index contributed by atoms with van der Waals surface area (Å²) in [6.45, 7) is 6.47. The Bertz CT molecular complexity index is 932. The average molecular weight is 375 g/mol. The maximum Gasteiger partial charge on any atom is 0.115 e. The lowest BCUT2D eigenvalue weighted by molar-refractivity contribution is 0.475. The van der Waals surface area contributed by atoms with Crippen molar-refractivity contribution in [3.63, 3.8) is 0 Å². The minimum atomic E-state index is 0.168. The Hall–Kier alpha value is -2.94. The van der Waals surface area contributed by atoms with Crippen LogP contribution in [0.2, 0.25) is 0 Å². The molecule has 28 heavy (non-hydrogen) atoms. The molecule has 0 aliphatic carbocycles. The van der Waals surface area contributed by atoms with E-state index >= 15 is 0 Å². The van der Waals surface area contributed by atoms with Crippen molar-refractivity contribution in [2.24, 2.45) is 0 Å². The molecule has 0 bridgehead atoms. The highest BCUT2D eigenvalue weighted by Crippen LogP contribution is 2.26. The molecule has 0 aromatic heterocycles. The van der Waals surface area contributed by atoms with Gasteiger partial charge in [-0.25, -0.2) is 0 Å². The molecule has 0 spiro atoms. The van der Waals surface area contributed by atoms with Crippen molar-refractivity contribution in [1.29, 1.82) is 0 Å². The topological polar surface area (TPSA) is 58.3 Å². The number of rotatable bonds is 7. The van der Waals surface area contributed by atoms with Crippen LogP contribution >= 0.6 is 0 Å². The number of hydrogen-bond donors (Lipinski definition) is 3. The highest BCUT2D eigenvalue weighted by Gasteiger charge is 2.09. The Morgan fingerprint density at radius 2 is 1.46 bits per heavy atom. The van der Waals surface area contributed by atoms with Gasteiger partial charge in [0, 0.05) is 17.4 Å². The third kappa shape index (κ3) is 4.66.